The number of amides is 1. The van der Waals surface area contributed by atoms with E-state index < -0.39 is 0 Å². The van der Waals surface area contributed by atoms with E-state index in [0.29, 0.717) is 6.61 Å². The van der Waals surface area contributed by atoms with Crippen LogP contribution in [0.2, 0.25) is 0 Å². The summed E-state index contributed by atoms with van der Waals surface area (Å²) in [4.78, 5) is 12.8. The molecule has 0 saturated heterocycles. The Morgan fingerprint density at radius 2 is 1.74 bits per heavy atom. The van der Waals surface area contributed by atoms with Gasteiger partial charge in [-0.2, -0.15) is 0 Å². The minimum absolute atomic E-state index is 0.174. The van der Waals surface area contributed by atoms with Crippen LogP contribution in [0.1, 0.15) is 41.7 Å². The van der Waals surface area contributed by atoms with Gasteiger partial charge in [-0.05, 0) is 82.0 Å². The Balaban J connectivity index is 1.76. The number of aryl methyl sites for hydroxylation is 4. The van der Waals surface area contributed by atoms with E-state index in [2.05, 4.69) is 49.5 Å². The first-order chi connectivity index (χ1) is 16.3. The van der Waals surface area contributed by atoms with Crippen molar-refractivity contribution in [3.8, 4) is 16.9 Å². The van der Waals surface area contributed by atoms with Gasteiger partial charge in [-0.25, -0.2) is 0 Å². The van der Waals surface area contributed by atoms with Gasteiger partial charge in [0.05, 0.1) is 12.9 Å². The van der Waals surface area contributed by atoms with E-state index in [-0.39, 0.29) is 5.91 Å². The van der Waals surface area contributed by atoms with Crippen LogP contribution in [0.3, 0.4) is 0 Å². The van der Waals surface area contributed by atoms with Crippen LogP contribution in [0.25, 0.3) is 27.7 Å². The highest BCUT2D eigenvalue weighted by molar-refractivity contribution is 6.06. The van der Waals surface area contributed by atoms with E-state index in [1.165, 1.54) is 11.1 Å². The number of hydrogen-bond acceptors (Lipinski definition) is 3. The molecule has 1 aromatic heterocycles. The van der Waals surface area contributed by atoms with E-state index >= 15 is 0 Å². The zero-order chi connectivity index (χ0) is 24.4. The molecule has 0 aliphatic heterocycles. The molecule has 1 heterocycles. The number of furan rings is 1. The number of nitrogens with one attached hydrogen (secondary N) is 1. The number of allylic oxidation sites excluding steroid dienone is 1. The van der Waals surface area contributed by atoms with E-state index in [1.807, 2.05) is 45.9 Å². The Morgan fingerprint density at radius 1 is 1.00 bits per heavy atom. The summed E-state index contributed by atoms with van der Waals surface area (Å²) in [6, 6.07) is 16.4. The maximum Gasteiger partial charge on any atom is 0.248 e. The lowest BCUT2D eigenvalue weighted by molar-refractivity contribution is -0.111. The second kappa shape index (κ2) is 9.60. The van der Waals surface area contributed by atoms with Gasteiger partial charge in [0.15, 0.2) is 0 Å². The van der Waals surface area contributed by atoms with Gasteiger partial charge in [0.25, 0.3) is 0 Å². The fourth-order valence-corrected chi connectivity index (χ4v) is 4.17. The van der Waals surface area contributed by atoms with Crippen molar-refractivity contribution >= 4 is 28.1 Å². The third-order valence-electron chi connectivity index (χ3n) is 6.24. The molecule has 4 aromatic rings. The van der Waals surface area contributed by atoms with Crippen molar-refractivity contribution in [1.29, 1.82) is 0 Å². The molecule has 1 amide bonds. The third kappa shape index (κ3) is 4.62. The van der Waals surface area contributed by atoms with Crippen molar-refractivity contribution in [1.82, 2.24) is 0 Å². The van der Waals surface area contributed by atoms with Gasteiger partial charge < -0.3 is 14.5 Å². The second-order valence-electron chi connectivity index (χ2n) is 8.82. The molecule has 0 aliphatic carbocycles. The number of rotatable bonds is 6. The van der Waals surface area contributed by atoms with Crippen LogP contribution >= 0.6 is 0 Å². The molecule has 4 rings (SSSR count). The third-order valence-corrected chi connectivity index (χ3v) is 6.24. The number of carbonyl (C=O) groups is 1. The fraction of sp³-hybridized carbons (Fsp3) is 0.233. The number of hydrogen-bond donors (Lipinski definition) is 1. The zero-order valence-electron chi connectivity index (χ0n) is 20.7. The first kappa shape index (κ1) is 23.4. The highest BCUT2D eigenvalue weighted by Gasteiger charge is 2.19. The number of benzene rings is 3. The summed E-state index contributed by atoms with van der Waals surface area (Å²) >= 11 is 0. The molecule has 0 spiro atoms. The summed E-state index contributed by atoms with van der Waals surface area (Å²) < 4.78 is 12.0. The van der Waals surface area contributed by atoms with Crippen molar-refractivity contribution in [3.63, 3.8) is 0 Å². The smallest absolute Gasteiger partial charge is 0.248 e. The number of ether oxygens (including phenoxy) is 1. The van der Waals surface area contributed by atoms with Crippen LogP contribution in [0, 0.1) is 27.7 Å². The molecule has 0 saturated carbocycles. The topological polar surface area (TPSA) is 51.5 Å². The minimum Gasteiger partial charge on any atom is -0.493 e. The minimum atomic E-state index is -0.174. The Bertz CT molecular complexity index is 1390. The van der Waals surface area contributed by atoms with Gasteiger partial charge in [-0.15, -0.1) is 0 Å². The standard InChI is InChI=1S/C30H31NO3/c1-7-33-29-22(6)30-26(27(17-34-30)23-11-8-18(2)9-12-23)16-25(29)21(5)15-28(32)31-24-13-10-19(3)20(4)14-24/h8-17H,7H2,1-6H3,(H,31,32)/b21-15+. The lowest BCUT2D eigenvalue weighted by Gasteiger charge is -2.15. The molecule has 0 atom stereocenters. The van der Waals surface area contributed by atoms with Gasteiger partial charge in [0.1, 0.15) is 11.3 Å². The average molecular weight is 454 g/mol. The van der Waals surface area contributed by atoms with Gasteiger partial charge in [0, 0.05) is 33.8 Å². The van der Waals surface area contributed by atoms with Crippen LogP contribution in [-0.2, 0) is 4.79 Å². The second-order valence-corrected chi connectivity index (χ2v) is 8.82. The van der Waals surface area contributed by atoms with E-state index in [4.69, 9.17) is 9.15 Å². The maximum absolute atomic E-state index is 12.8. The highest BCUT2D eigenvalue weighted by Crippen LogP contribution is 2.40. The molecule has 0 unspecified atom stereocenters. The van der Waals surface area contributed by atoms with Crippen LogP contribution in [0.4, 0.5) is 5.69 Å². The van der Waals surface area contributed by atoms with Crippen LogP contribution in [-0.4, -0.2) is 12.5 Å². The molecular weight excluding hydrogens is 422 g/mol. The van der Waals surface area contributed by atoms with Crippen molar-refractivity contribution in [2.24, 2.45) is 0 Å². The maximum atomic E-state index is 12.8. The Labute approximate surface area is 201 Å². The average Bonchev–Trinajstić information content (AvgIpc) is 3.23. The molecule has 0 aliphatic rings. The molecule has 3 aromatic carbocycles. The monoisotopic (exact) mass is 453 g/mol. The van der Waals surface area contributed by atoms with Crippen molar-refractivity contribution in [3.05, 3.63) is 88.7 Å². The number of fused-ring (bicyclic) bond motifs is 1. The number of anilines is 1. The van der Waals surface area contributed by atoms with Crippen molar-refractivity contribution < 1.29 is 13.9 Å². The molecule has 174 valence electrons. The quantitative estimate of drug-likeness (QED) is 0.303. The molecule has 0 radical (unpaired) electrons. The lowest BCUT2D eigenvalue weighted by atomic mass is 9.96. The molecule has 4 nitrogen and oxygen atoms in total. The zero-order valence-corrected chi connectivity index (χ0v) is 20.7. The van der Waals surface area contributed by atoms with E-state index in [0.717, 1.165) is 55.8 Å². The van der Waals surface area contributed by atoms with Gasteiger partial charge in [-0.1, -0.05) is 35.9 Å². The van der Waals surface area contributed by atoms with E-state index in [1.54, 1.807) is 12.3 Å². The molecular formula is C30H31NO3. The van der Waals surface area contributed by atoms with Crippen LogP contribution < -0.4 is 10.1 Å². The van der Waals surface area contributed by atoms with Gasteiger partial charge in [0.2, 0.25) is 5.91 Å². The molecule has 1 N–H and O–H groups in total. The summed E-state index contributed by atoms with van der Waals surface area (Å²) in [5.74, 6) is 0.569. The summed E-state index contributed by atoms with van der Waals surface area (Å²) in [5, 5.41) is 3.98. The summed E-state index contributed by atoms with van der Waals surface area (Å²) in [7, 11) is 0. The van der Waals surface area contributed by atoms with Gasteiger partial charge >= 0.3 is 0 Å². The first-order valence-electron chi connectivity index (χ1n) is 11.6. The Hall–Kier alpha value is -3.79. The summed E-state index contributed by atoms with van der Waals surface area (Å²) in [6.07, 6.45) is 3.43. The molecule has 0 fully saturated rings. The number of carbonyl (C=O) groups excluding carboxylic acids is 1. The predicted octanol–water partition coefficient (Wildman–Crippen LogP) is 7.77. The highest BCUT2D eigenvalue weighted by atomic mass is 16.5. The summed E-state index contributed by atoms with van der Waals surface area (Å²) in [5.41, 5.74) is 9.88. The van der Waals surface area contributed by atoms with Gasteiger partial charge in [-0.3, -0.25) is 4.79 Å². The lowest BCUT2D eigenvalue weighted by Crippen LogP contribution is -2.09. The van der Waals surface area contributed by atoms with Crippen LogP contribution in [0.5, 0.6) is 5.75 Å². The SMILES string of the molecule is CCOc1c(/C(C)=C/C(=O)Nc2ccc(C)c(C)c2)cc2c(-c3ccc(C)cc3)coc2c1C. The van der Waals surface area contributed by atoms with Crippen molar-refractivity contribution in [2.75, 3.05) is 11.9 Å². The molecule has 0 bridgehead atoms. The largest absolute Gasteiger partial charge is 0.493 e. The first-order valence-corrected chi connectivity index (χ1v) is 11.6. The summed E-state index contributed by atoms with van der Waals surface area (Å²) in [6.45, 7) is 12.6. The normalized spacial score (nSPS) is 11.6. The molecule has 34 heavy (non-hydrogen) atoms. The van der Waals surface area contributed by atoms with Crippen LogP contribution in [0.15, 0.2) is 65.3 Å². The predicted molar refractivity (Wildman–Crippen MR) is 140 cm³/mol. The Kier molecular flexibility index (Phi) is 6.60. The van der Waals surface area contributed by atoms with E-state index in [9.17, 15) is 4.79 Å². The molecule has 4 heteroatoms. The van der Waals surface area contributed by atoms with Crippen molar-refractivity contribution in [2.45, 2.75) is 41.5 Å². The fourth-order valence-electron chi connectivity index (χ4n) is 4.17. The Morgan fingerprint density at radius 3 is 2.41 bits per heavy atom.